The highest BCUT2D eigenvalue weighted by atomic mass is 35.5. The van der Waals surface area contributed by atoms with Crippen molar-refractivity contribution in [2.75, 3.05) is 27.3 Å². The summed E-state index contributed by atoms with van der Waals surface area (Å²) in [6.45, 7) is 2.52. The first-order valence-corrected chi connectivity index (χ1v) is 8.44. The van der Waals surface area contributed by atoms with Crippen molar-refractivity contribution in [2.45, 2.75) is 18.5 Å². The van der Waals surface area contributed by atoms with Gasteiger partial charge in [0.2, 0.25) is 0 Å². The summed E-state index contributed by atoms with van der Waals surface area (Å²) in [5.74, 6) is 1.58. The number of nitrogens with zero attached hydrogens (tertiary/aromatic N) is 1. The number of hydrogen-bond donors (Lipinski definition) is 1. The van der Waals surface area contributed by atoms with Gasteiger partial charge in [0, 0.05) is 31.6 Å². The summed E-state index contributed by atoms with van der Waals surface area (Å²) >= 11 is 6.50. The number of methoxy groups -OCH3 is 2. The maximum absolute atomic E-state index is 6.50. The first kappa shape index (κ1) is 19.9. The molecule has 0 bridgehead atoms. The second-order valence-corrected chi connectivity index (χ2v) is 6.53. The van der Waals surface area contributed by atoms with Crippen LogP contribution in [-0.4, -0.2) is 38.3 Å². The molecule has 0 amide bonds. The summed E-state index contributed by atoms with van der Waals surface area (Å²) in [6.07, 6.45) is 0. The fraction of sp³-hybridized carbons (Fsp3) is 0.368. The van der Waals surface area contributed by atoms with Crippen LogP contribution in [0.5, 0.6) is 11.5 Å². The SMILES string of the molecule is COc1ccc(CN2C[C@@H](N)[C@H](c3ccccc3)C2)c(Cl)c1OC.Cl. The average Bonchev–Trinajstić information content (AvgIpc) is 2.97. The normalized spacial score (nSPS) is 20.2. The van der Waals surface area contributed by atoms with E-state index in [4.69, 9.17) is 26.8 Å². The zero-order valence-electron chi connectivity index (χ0n) is 14.4. The molecule has 0 aliphatic carbocycles. The van der Waals surface area contributed by atoms with E-state index in [1.165, 1.54) is 5.56 Å². The van der Waals surface area contributed by atoms with Gasteiger partial charge >= 0.3 is 0 Å². The lowest BCUT2D eigenvalue weighted by Gasteiger charge is -2.19. The van der Waals surface area contributed by atoms with Crippen LogP contribution < -0.4 is 15.2 Å². The second-order valence-electron chi connectivity index (χ2n) is 6.15. The third-order valence-corrected chi connectivity index (χ3v) is 5.04. The number of likely N-dealkylation sites (tertiary alicyclic amines) is 1. The van der Waals surface area contributed by atoms with Crippen molar-refractivity contribution < 1.29 is 9.47 Å². The molecule has 2 atom stereocenters. The highest BCUT2D eigenvalue weighted by Crippen LogP contribution is 2.38. The van der Waals surface area contributed by atoms with Crippen molar-refractivity contribution >= 4 is 24.0 Å². The van der Waals surface area contributed by atoms with E-state index in [2.05, 4.69) is 29.2 Å². The van der Waals surface area contributed by atoms with Crippen molar-refractivity contribution in [1.29, 1.82) is 0 Å². The molecule has 6 heteroatoms. The maximum atomic E-state index is 6.50. The quantitative estimate of drug-likeness (QED) is 0.855. The highest BCUT2D eigenvalue weighted by Gasteiger charge is 2.31. The van der Waals surface area contributed by atoms with Crippen LogP contribution in [0.2, 0.25) is 5.02 Å². The zero-order chi connectivity index (χ0) is 17.1. The van der Waals surface area contributed by atoms with Gasteiger partial charge in [-0.25, -0.2) is 0 Å². The molecular weight excluding hydrogens is 359 g/mol. The van der Waals surface area contributed by atoms with Crippen LogP contribution in [0.15, 0.2) is 42.5 Å². The van der Waals surface area contributed by atoms with Gasteiger partial charge in [-0.2, -0.15) is 0 Å². The molecule has 2 N–H and O–H groups in total. The molecule has 1 saturated heterocycles. The number of rotatable bonds is 5. The Morgan fingerprint density at radius 3 is 2.44 bits per heavy atom. The van der Waals surface area contributed by atoms with E-state index in [0.717, 1.165) is 25.2 Å². The van der Waals surface area contributed by atoms with Crippen LogP contribution in [0.3, 0.4) is 0 Å². The molecule has 136 valence electrons. The number of hydrogen-bond acceptors (Lipinski definition) is 4. The first-order valence-electron chi connectivity index (χ1n) is 8.06. The molecule has 0 aromatic heterocycles. The second kappa shape index (κ2) is 8.77. The fourth-order valence-corrected chi connectivity index (χ4v) is 3.68. The highest BCUT2D eigenvalue weighted by molar-refractivity contribution is 6.33. The molecule has 1 heterocycles. The van der Waals surface area contributed by atoms with E-state index in [-0.39, 0.29) is 18.4 Å². The largest absolute Gasteiger partial charge is 0.493 e. The summed E-state index contributed by atoms with van der Waals surface area (Å²) < 4.78 is 10.7. The minimum atomic E-state index is 0. The monoisotopic (exact) mass is 382 g/mol. The fourth-order valence-electron chi connectivity index (χ4n) is 3.39. The van der Waals surface area contributed by atoms with Gasteiger partial charge in [-0.1, -0.05) is 48.0 Å². The predicted molar refractivity (Wildman–Crippen MR) is 104 cm³/mol. The lowest BCUT2D eigenvalue weighted by atomic mass is 9.95. The minimum Gasteiger partial charge on any atom is -0.493 e. The van der Waals surface area contributed by atoms with Crippen molar-refractivity contribution in [3.05, 3.63) is 58.6 Å². The summed E-state index contributed by atoms with van der Waals surface area (Å²) in [5.41, 5.74) is 8.70. The van der Waals surface area contributed by atoms with Gasteiger partial charge in [0.15, 0.2) is 11.5 Å². The van der Waals surface area contributed by atoms with Gasteiger partial charge in [-0.15, -0.1) is 12.4 Å². The van der Waals surface area contributed by atoms with E-state index >= 15 is 0 Å². The topological polar surface area (TPSA) is 47.7 Å². The molecule has 2 aromatic rings. The Morgan fingerprint density at radius 1 is 1.08 bits per heavy atom. The van der Waals surface area contributed by atoms with Gasteiger partial charge in [-0.3, -0.25) is 4.90 Å². The molecule has 2 aromatic carbocycles. The molecule has 1 fully saturated rings. The van der Waals surface area contributed by atoms with Crippen molar-refractivity contribution in [2.24, 2.45) is 5.73 Å². The van der Waals surface area contributed by atoms with Gasteiger partial charge in [0.25, 0.3) is 0 Å². The van der Waals surface area contributed by atoms with Gasteiger partial charge in [-0.05, 0) is 17.2 Å². The number of benzene rings is 2. The first-order chi connectivity index (χ1) is 11.6. The molecule has 4 nitrogen and oxygen atoms in total. The average molecular weight is 383 g/mol. The van der Waals surface area contributed by atoms with Crippen molar-refractivity contribution in [1.82, 2.24) is 4.90 Å². The third-order valence-electron chi connectivity index (χ3n) is 4.63. The van der Waals surface area contributed by atoms with Crippen LogP contribution in [0.4, 0.5) is 0 Å². The van der Waals surface area contributed by atoms with Crippen LogP contribution in [0.1, 0.15) is 17.0 Å². The minimum absolute atomic E-state index is 0. The molecule has 0 spiro atoms. The standard InChI is InChI=1S/C19H23ClN2O2.ClH/c1-23-17-9-8-14(18(20)19(17)24-2)10-22-11-15(16(21)12-22)13-6-4-3-5-7-13;/h3-9,15-16H,10-12,21H2,1-2H3;1H/t15-,16+;/m0./s1. The number of nitrogens with two attached hydrogens (primary N) is 1. The Bertz CT molecular complexity index is 697. The lowest BCUT2D eigenvalue weighted by Crippen LogP contribution is -2.28. The Hall–Kier alpha value is -1.46. The Kier molecular flexibility index (Phi) is 6.96. The van der Waals surface area contributed by atoms with E-state index in [1.807, 2.05) is 18.2 Å². The molecule has 1 aliphatic heterocycles. The molecule has 1 aliphatic rings. The van der Waals surface area contributed by atoms with Gasteiger partial charge in [0.1, 0.15) is 0 Å². The van der Waals surface area contributed by atoms with E-state index in [9.17, 15) is 0 Å². The zero-order valence-corrected chi connectivity index (χ0v) is 16.0. The Morgan fingerprint density at radius 2 is 1.80 bits per heavy atom. The lowest BCUT2D eigenvalue weighted by molar-refractivity contribution is 0.321. The van der Waals surface area contributed by atoms with Crippen molar-refractivity contribution in [3.63, 3.8) is 0 Å². The summed E-state index contributed by atoms with van der Waals surface area (Å²) in [5, 5.41) is 0.605. The third kappa shape index (κ3) is 4.21. The summed E-state index contributed by atoms with van der Waals surface area (Å²) in [6, 6.07) is 14.5. The Balaban J connectivity index is 0.00000225. The molecule has 0 unspecified atom stereocenters. The van der Waals surface area contributed by atoms with E-state index in [0.29, 0.717) is 22.4 Å². The molecular formula is C19H24Cl2N2O2. The van der Waals surface area contributed by atoms with Crippen LogP contribution in [-0.2, 0) is 6.54 Å². The van der Waals surface area contributed by atoms with E-state index in [1.54, 1.807) is 14.2 Å². The Labute approximate surface area is 160 Å². The predicted octanol–water partition coefficient (Wildman–Crippen LogP) is 3.71. The number of halogens is 2. The molecule has 0 saturated carbocycles. The summed E-state index contributed by atoms with van der Waals surface area (Å²) in [4.78, 5) is 2.34. The summed E-state index contributed by atoms with van der Waals surface area (Å²) in [7, 11) is 3.21. The molecule has 25 heavy (non-hydrogen) atoms. The van der Waals surface area contributed by atoms with Crippen molar-refractivity contribution in [3.8, 4) is 11.5 Å². The van der Waals surface area contributed by atoms with Gasteiger partial charge < -0.3 is 15.2 Å². The van der Waals surface area contributed by atoms with Crippen LogP contribution in [0, 0.1) is 0 Å². The maximum Gasteiger partial charge on any atom is 0.179 e. The van der Waals surface area contributed by atoms with Crippen LogP contribution >= 0.6 is 24.0 Å². The van der Waals surface area contributed by atoms with Gasteiger partial charge in [0.05, 0.1) is 19.2 Å². The number of ether oxygens (including phenoxy) is 2. The van der Waals surface area contributed by atoms with E-state index < -0.39 is 0 Å². The molecule has 3 rings (SSSR count). The van der Waals surface area contributed by atoms with Crippen LogP contribution in [0.25, 0.3) is 0 Å². The molecule has 0 radical (unpaired) electrons. The smallest absolute Gasteiger partial charge is 0.179 e.